The fourth-order valence-electron chi connectivity index (χ4n) is 4.87. The molecule has 168 valence electrons. The predicted octanol–water partition coefficient (Wildman–Crippen LogP) is 5.06. The second-order valence-corrected chi connectivity index (χ2v) is 9.41. The van der Waals surface area contributed by atoms with E-state index >= 15 is 0 Å². The summed E-state index contributed by atoms with van der Waals surface area (Å²) in [6.07, 6.45) is 11.7. The molecule has 3 unspecified atom stereocenters. The zero-order valence-corrected chi connectivity index (χ0v) is 19.5. The molecule has 0 spiro atoms. The van der Waals surface area contributed by atoms with Crippen molar-refractivity contribution in [2.75, 3.05) is 13.6 Å². The first-order valence-corrected chi connectivity index (χ1v) is 11.5. The summed E-state index contributed by atoms with van der Waals surface area (Å²) in [5.74, 6) is 3.51. The lowest BCUT2D eigenvalue weighted by Crippen LogP contribution is -2.35. The number of pyridine rings is 2. The molecule has 3 heterocycles. The van der Waals surface area contributed by atoms with E-state index in [1.807, 2.05) is 30.6 Å². The lowest BCUT2D eigenvalue weighted by molar-refractivity contribution is 0.173. The van der Waals surface area contributed by atoms with Gasteiger partial charge >= 0.3 is 0 Å². The molecule has 3 aromatic heterocycles. The first-order valence-electron chi connectivity index (χ1n) is 11.5. The summed E-state index contributed by atoms with van der Waals surface area (Å²) in [6, 6.07) is 7.94. The average molecular weight is 432 g/mol. The van der Waals surface area contributed by atoms with Crippen molar-refractivity contribution >= 4 is 0 Å². The van der Waals surface area contributed by atoms with Gasteiger partial charge in [-0.25, -0.2) is 0 Å². The Morgan fingerprint density at radius 1 is 1.09 bits per heavy atom. The molecule has 0 bridgehead atoms. The van der Waals surface area contributed by atoms with Gasteiger partial charge in [0.05, 0.1) is 0 Å². The van der Waals surface area contributed by atoms with Crippen molar-refractivity contribution in [2.45, 2.75) is 40.2 Å². The Bertz CT molecular complexity index is 1010. The van der Waals surface area contributed by atoms with Crippen molar-refractivity contribution < 1.29 is 4.42 Å². The summed E-state index contributed by atoms with van der Waals surface area (Å²) in [5, 5.41) is 8.58. The van der Waals surface area contributed by atoms with Crippen LogP contribution >= 0.6 is 0 Å². The van der Waals surface area contributed by atoms with E-state index in [1.54, 1.807) is 12.4 Å². The molecule has 6 heteroatoms. The fourth-order valence-corrected chi connectivity index (χ4v) is 4.87. The number of allylic oxidation sites excluding steroid dienone is 1. The number of rotatable bonds is 8. The number of hydrogen-bond acceptors (Lipinski definition) is 6. The van der Waals surface area contributed by atoms with E-state index < -0.39 is 0 Å². The van der Waals surface area contributed by atoms with Crippen molar-refractivity contribution in [3.63, 3.8) is 0 Å². The monoisotopic (exact) mass is 431 g/mol. The second kappa shape index (κ2) is 10.2. The molecular weight excluding hydrogens is 398 g/mol. The minimum atomic E-state index is 0.438. The third-order valence-corrected chi connectivity index (χ3v) is 6.60. The molecule has 3 aromatic rings. The van der Waals surface area contributed by atoms with E-state index in [2.05, 4.69) is 65.0 Å². The smallest absolute Gasteiger partial charge is 0.247 e. The summed E-state index contributed by atoms with van der Waals surface area (Å²) in [7, 11) is 2.21. The van der Waals surface area contributed by atoms with Crippen molar-refractivity contribution in [1.29, 1.82) is 0 Å². The van der Waals surface area contributed by atoms with E-state index in [1.165, 1.54) is 11.1 Å². The fraction of sp³-hybridized carbons (Fsp3) is 0.462. The van der Waals surface area contributed by atoms with Crippen LogP contribution in [-0.4, -0.2) is 38.7 Å². The maximum atomic E-state index is 5.98. The summed E-state index contributed by atoms with van der Waals surface area (Å²) < 4.78 is 5.98. The Kier molecular flexibility index (Phi) is 7.10. The van der Waals surface area contributed by atoms with Crippen molar-refractivity contribution in [1.82, 2.24) is 25.1 Å². The van der Waals surface area contributed by atoms with Crippen LogP contribution in [0, 0.1) is 23.7 Å². The van der Waals surface area contributed by atoms with Crippen molar-refractivity contribution in [2.24, 2.45) is 23.7 Å². The van der Waals surface area contributed by atoms with Gasteiger partial charge < -0.3 is 9.32 Å². The lowest BCUT2D eigenvalue weighted by Gasteiger charge is -2.38. The number of aromatic nitrogens is 4. The Morgan fingerprint density at radius 3 is 2.62 bits per heavy atom. The number of hydrogen-bond donors (Lipinski definition) is 0. The largest absolute Gasteiger partial charge is 0.421 e. The zero-order chi connectivity index (χ0) is 22.5. The van der Waals surface area contributed by atoms with Crippen LogP contribution in [-0.2, 0) is 13.0 Å². The summed E-state index contributed by atoms with van der Waals surface area (Å²) in [6.45, 7) is 8.92. The van der Waals surface area contributed by atoms with Gasteiger partial charge in [0.1, 0.15) is 0 Å². The summed E-state index contributed by atoms with van der Waals surface area (Å²) in [4.78, 5) is 10.7. The van der Waals surface area contributed by atoms with E-state index in [0.717, 1.165) is 31.5 Å². The highest BCUT2D eigenvalue weighted by Gasteiger charge is 2.33. The minimum Gasteiger partial charge on any atom is -0.421 e. The van der Waals surface area contributed by atoms with Gasteiger partial charge in [0.25, 0.3) is 0 Å². The molecule has 1 aliphatic rings. The Balaban J connectivity index is 1.44. The third-order valence-electron chi connectivity index (χ3n) is 6.60. The Labute approximate surface area is 190 Å². The van der Waals surface area contributed by atoms with Crippen LogP contribution in [0.1, 0.15) is 38.6 Å². The van der Waals surface area contributed by atoms with Crippen molar-refractivity contribution in [3.8, 4) is 11.5 Å². The normalized spacial score (nSPS) is 21.2. The van der Waals surface area contributed by atoms with E-state index in [9.17, 15) is 0 Å². The molecule has 0 aromatic carbocycles. The number of nitrogens with zero attached hydrogens (tertiary/aromatic N) is 5. The molecule has 0 amide bonds. The maximum absolute atomic E-state index is 5.98. The van der Waals surface area contributed by atoms with Crippen LogP contribution < -0.4 is 0 Å². The van der Waals surface area contributed by atoms with Crippen LogP contribution in [0.4, 0.5) is 0 Å². The van der Waals surface area contributed by atoms with E-state index in [0.29, 0.717) is 35.5 Å². The van der Waals surface area contributed by atoms with Gasteiger partial charge in [0, 0.05) is 49.9 Å². The highest BCUT2D eigenvalue weighted by molar-refractivity contribution is 5.50. The molecule has 0 radical (unpaired) electrons. The molecule has 32 heavy (non-hydrogen) atoms. The van der Waals surface area contributed by atoms with Crippen LogP contribution in [0.3, 0.4) is 0 Å². The van der Waals surface area contributed by atoms with E-state index in [4.69, 9.17) is 4.42 Å². The highest BCUT2D eigenvalue weighted by atomic mass is 16.4. The lowest BCUT2D eigenvalue weighted by atomic mass is 9.69. The molecule has 0 N–H and O–H groups in total. The molecule has 0 aliphatic heterocycles. The van der Waals surface area contributed by atoms with Gasteiger partial charge in [-0.3, -0.25) is 9.97 Å². The molecule has 4 rings (SSSR count). The standard InChI is InChI=1S/C26H33N5O/c1-18(2)24-13-22(14-25-29-30-26(32-25)21-7-10-27-11-8-21)19(3)12-23(24)17-31(4)16-20-6-5-9-28-15-20/h5-12,15,18,22-24H,13-14,16-17H2,1-4H3. The first kappa shape index (κ1) is 22.3. The average Bonchev–Trinajstić information content (AvgIpc) is 3.25. The molecule has 0 saturated carbocycles. The van der Waals surface area contributed by atoms with Gasteiger partial charge in [0.2, 0.25) is 11.8 Å². The molecular formula is C26H33N5O. The van der Waals surface area contributed by atoms with Crippen LogP contribution in [0.5, 0.6) is 0 Å². The Hall–Kier alpha value is -2.86. The van der Waals surface area contributed by atoms with Gasteiger partial charge in [0.15, 0.2) is 0 Å². The molecule has 0 fully saturated rings. The van der Waals surface area contributed by atoms with Crippen LogP contribution in [0.15, 0.2) is 65.1 Å². The highest BCUT2D eigenvalue weighted by Crippen LogP contribution is 2.39. The predicted molar refractivity (Wildman–Crippen MR) is 125 cm³/mol. The summed E-state index contributed by atoms with van der Waals surface area (Å²) in [5.41, 5.74) is 3.60. The van der Waals surface area contributed by atoms with E-state index in [-0.39, 0.29) is 0 Å². The van der Waals surface area contributed by atoms with Gasteiger partial charge in [-0.1, -0.05) is 31.6 Å². The maximum Gasteiger partial charge on any atom is 0.247 e. The van der Waals surface area contributed by atoms with Gasteiger partial charge in [-0.05, 0) is 67.8 Å². The zero-order valence-electron chi connectivity index (χ0n) is 19.5. The van der Waals surface area contributed by atoms with Crippen LogP contribution in [0.2, 0.25) is 0 Å². The molecule has 6 nitrogen and oxygen atoms in total. The minimum absolute atomic E-state index is 0.438. The van der Waals surface area contributed by atoms with Gasteiger partial charge in [-0.2, -0.15) is 0 Å². The quantitative estimate of drug-likeness (QED) is 0.465. The third kappa shape index (κ3) is 5.49. The molecule has 1 aliphatic carbocycles. The topological polar surface area (TPSA) is 67.9 Å². The first-order chi connectivity index (χ1) is 15.5. The second-order valence-electron chi connectivity index (χ2n) is 9.41. The Morgan fingerprint density at radius 2 is 1.91 bits per heavy atom. The SMILES string of the molecule is CC1=CC(CN(C)Cc2cccnc2)C(C(C)C)CC1Cc1nnc(-c2ccncc2)o1. The molecule has 0 saturated heterocycles. The van der Waals surface area contributed by atoms with Gasteiger partial charge in [-0.15, -0.1) is 10.2 Å². The van der Waals surface area contributed by atoms with Crippen molar-refractivity contribution in [3.05, 3.63) is 72.2 Å². The summed E-state index contributed by atoms with van der Waals surface area (Å²) >= 11 is 0. The molecule has 3 atom stereocenters. The van der Waals surface area contributed by atoms with Crippen LogP contribution in [0.25, 0.3) is 11.5 Å².